The molecule has 152 valence electrons. The molecule has 1 N–H and O–H groups in total. The number of rotatable bonds is 9. The first kappa shape index (κ1) is 20.9. The average molecular weight is 410 g/mol. The van der Waals surface area contributed by atoms with Crippen molar-refractivity contribution < 1.29 is 9.53 Å². The largest absolute Gasteiger partial charge is 0.486 e. The van der Waals surface area contributed by atoms with Gasteiger partial charge in [-0.3, -0.25) is 4.79 Å². The molecule has 0 saturated heterocycles. The molecule has 1 aromatic heterocycles. The number of aromatic nitrogens is 1. The Labute approximate surface area is 176 Å². The standard InChI is InChI=1S/C23H27N3O2S/c1-4-26(5-2)20-10-8-18(9-11-20)24-22(27)14-19-16-29-23(25-19)15-28-21-12-6-17(3)7-13-21/h6-13,16H,4-5,14-15H2,1-3H3,(H,24,27). The summed E-state index contributed by atoms with van der Waals surface area (Å²) in [5.74, 6) is 0.746. The summed E-state index contributed by atoms with van der Waals surface area (Å²) in [5.41, 5.74) is 3.91. The Balaban J connectivity index is 1.50. The van der Waals surface area contributed by atoms with Crippen molar-refractivity contribution in [2.45, 2.75) is 33.8 Å². The second kappa shape index (κ2) is 10.1. The number of nitrogens with zero attached hydrogens (tertiary/aromatic N) is 2. The lowest BCUT2D eigenvalue weighted by Gasteiger charge is -2.21. The third-order valence-electron chi connectivity index (χ3n) is 4.60. The smallest absolute Gasteiger partial charge is 0.230 e. The van der Waals surface area contributed by atoms with E-state index >= 15 is 0 Å². The third-order valence-corrected chi connectivity index (χ3v) is 5.48. The van der Waals surface area contributed by atoms with Crippen molar-refractivity contribution in [3.05, 3.63) is 70.2 Å². The van der Waals surface area contributed by atoms with Crippen LogP contribution >= 0.6 is 11.3 Å². The van der Waals surface area contributed by atoms with Gasteiger partial charge in [0, 0.05) is 29.8 Å². The Morgan fingerprint density at radius 3 is 2.41 bits per heavy atom. The highest BCUT2D eigenvalue weighted by Crippen LogP contribution is 2.19. The maximum atomic E-state index is 12.3. The van der Waals surface area contributed by atoms with Crippen LogP contribution in [0.5, 0.6) is 5.75 Å². The van der Waals surface area contributed by atoms with E-state index in [1.807, 2.05) is 60.8 Å². The number of hydrogen-bond donors (Lipinski definition) is 1. The summed E-state index contributed by atoms with van der Waals surface area (Å²) < 4.78 is 5.75. The minimum atomic E-state index is -0.0723. The number of ether oxygens (including phenoxy) is 1. The summed E-state index contributed by atoms with van der Waals surface area (Å²) in [7, 11) is 0. The van der Waals surface area contributed by atoms with Gasteiger partial charge in [-0.1, -0.05) is 17.7 Å². The van der Waals surface area contributed by atoms with Crippen molar-refractivity contribution in [2.24, 2.45) is 0 Å². The van der Waals surface area contributed by atoms with Gasteiger partial charge in [0.2, 0.25) is 5.91 Å². The molecular formula is C23H27N3O2S. The second-order valence-electron chi connectivity index (χ2n) is 6.78. The van der Waals surface area contributed by atoms with Crippen molar-refractivity contribution >= 4 is 28.6 Å². The molecule has 1 amide bonds. The second-order valence-corrected chi connectivity index (χ2v) is 7.72. The van der Waals surface area contributed by atoms with Crippen LogP contribution in [0.1, 0.15) is 30.1 Å². The van der Waals surface area contributed by atoms with E-state index in [-0.39, 0.29) is 12.3 Å². The number of carbonyl (C=O) groups excluding carboxylic acids is 1. The third kappa shape index (κ3) is 6.06. The Kier molecular flexibility index (Phi) is 7.25. The Morgan fingerprint density at radius 2 is 1.76 bits per heavy atom. The predicted octanol–water partition coefficient (Wildman–Crippen LogP) is 5.06. The molecule has 0 unspecified atom stereocenters. The van der Waals surface area contributed by atoms with Gasteiger partial charge in [-0.05, 0) is 57.2 Å². The quantitative estimate of drug-likeness (QED) is 0.537. The summed E-state index contributed by atoms with van der Waals surface area (Å²) in [6, 6.07) is 15.9. The molecule has 2 aromatic carbocycles. The molecule has 3 aromatic rings. The van der Waals surface area contributed by atoms with Gasteiger partial charge in [0.05, 0.1) is 12.1 Å². The van der Waals surface area contributed by atoms with Gasteiger partial charge in [0.1, 0.15) is 17.4 Å². The van der Waals surface area contributed by atoms with Gasteiger partial charge >= 0.3 is 0 Å². The fraction of sp³-hybridized carbons (Fsp3) is 0.304. The molecule has 3 rings (SSSR count). The first-order valence-corrected chi connectivity index (χ1v) is 10.7. The van der Waals surface area contributed by atoms with Crippen LogP contribution in [-0.2, 0) is 17.8 Å². The van der Waals surface area contributed by atoms with Crippen LogP contribution < -0.4 is 15.0 Å². The zero-order valence-corrected chi connectivity index (χ0v) is 18.0. The van der Waals surface area contributed by atoms with E-state index in [4.69, 9.17) is 4.74 Å². The summed E-state index contributed by atoms with van der Waals surface area (Å²) in [6.07, 6.45) is 0.249. The number of carbonyl (C=O) groups is 1. The normalized spacial score (nSPS) is 10.6. The zero-order chi connectivity index (χ0) is 20.6. The number of amides is 1. The molecular weight excluding hydrogens is 382 g/mol. The molecule has 0 atom stereocenters. The lowest BCUT2D eigenvalue weighted by molar-refractivity contribution is -0.115. The molecule has 1 heterocycles. The van der Waals surface area contributed by atoms with Crippen LogP contribution in [-0.4, -0.2) is 24.0 Å². The molecule has 0 radical (unpaired) electrons. The van der Waals surface area contributed by atoms with Crippen LogP contribution in [0.15, 0.2) is 53.9 Å². The fourth-order valence-electron chi connectivity index (χ4n) is 2.99. The van der Waals surface area contributed by atoms with Crippen molar-refractivity contribution in [3.8, 4) is 5.75 Å². The summed E-state index contributed by atoms with van der Waals surface area (Å²) in [4.78, 5) is 19.1. The van der Waals surface area contributed by atoms with Crippen LogP contribution in [0, 0.1) is 6.92 Å². The average Bonchev–Trinajstić information content (AvgIpc) is 3.17. The monoisotopic (exact) mass is 409 g/mol. The highest BCUT2D eigenvalue weighted by molar-refractivity contribution is 7.09. The van der Waals surface area contributed by atoms with Crippen LogP contribution in [0.4, 0.5) is 11.4 Å². The highest BCUT2D eigenvalue weighted by atomic mass is 32.1. The van der Waals surface area contributed by atoms with E-state index in [0.717, 1.165) is 40.9 Å². The number of anilines is 2. The van der Waals surface area contributed by atoms with E-state index in [0.29, 0.717) is 6.61 Å². The van der Waals surface area contributed by atoms with Crippen molar-refractivity contribution in [1.29, 1.82) is 0 Å². The van der Waals surface area contributed by atoms with Gasteiger partial charge in [-0.25, -0.2) is 4.98 Å². The van der Waals surface area contributed by atoms with E-state index in [9.17, 15) is 4.79 Å². The summed E-state index contributed by atoms with van der Waals surface area (Å²) in [5, 5.41) is 5.71. The molecule has 0 spiro atoms. The maximum Gasteiger partial charge on any atom is 0.230 e. The molecule has 0 bridgehead atoms. The van der Waals surface area contributed by atoms with Crippen molar-refractivity contribution in [1.82, 2.24) is 4.98 Å². The molecule has 0 saturated carbocycles. The van der Waals surface area contributed by atoms with Crippen LogP contribution in [0.3, 0.4) is 0 Å². The molecule has 0 aliphatic rings. The minimum Gasteiger partial charge on any atom is -0.486 e. The lowest BCUT2D eigenvalue weighted by Crippen LogP contribution is -2.21. The van der Waals surface area contributed by atoms with E-state index < -0.39 is 0 Å². The van der Waals surface area contributed by atoms with Crippen LogP contribution in [0.25, 0.3) is 0 Å². The molecule has 6 heteroatoms. The van der Waals surface area contributed by atoms with Gasteiger partial charge in [0.25, 0.3) is 0 Å². The molecule has 5 nitrogen and oxygen atoms in total. The van der Waals surface area contributed by atoms with E-state index in [1.165, 1.54) is 16.9 Å². The van der Waals surface area contributed by atoms with Gasteiger partial charge in [-0.15, -0.1) is 11.3 Å². The predicted molar refractivity (Wildman–Crippen MR) is 120 cm³/mol. The van der Waals surface area contributed by atoms with E-state index in [2.05, 4.69) is 29.0 Å². The SMILES string of the molecule is CCN(CC)c1ccc(NC(=O)Cc2csc(COc3ccc(C)cc3)n2)cc1. The number of nitrogens with one attached hydrogen (secondary N) is 1. The maximum absolute atomic E-state index is 12.3. The topological polar surface area (TPSA) is 54.5 Å². The number of thiazole rings is 1. The lowest BCUT2D eigenvalue weighted by atomic mass is 10.2. The first-order valence-electron chi connectivity index (χ1n) is 9.85. The summed E-state index contributed by atoms with van der Waals surface area (Å²) >= 11 is 1.51. The van der Waals surface area contributed by atoms with Gasteiger partial charge in [0.15, 0.2) is 0 Å². The Hall–Kier alpha value is -2.86. The zero-order valence-electron chi connectivity index (χ0n) is 17.1. The Bertz CT molecular complexity index is 916. The fourth-order valence-corrected chi connectivity index (χ4v) is 3.70. The molecule has 0 aliphatic heterocycles. The molecule has 29 heavy (non-hydrogen) atoms. The minimum absolute atomic E-state index is 0.0723. The number of hydrogen-bond acceptors (Lipinski definition) is 5. The van der Waals surface area contributed by atoms with E-state index in [1.54, 1.807) is 0 Å². The summed E-state index contributed by atoms with van der Waals surface area (Å²) in [6.45, 7) is 8.63. The van der Waals surface area contributed by atoms with Crippen LogP contribution in [0.2, 0.25) is 0 Å². The molecule has 0 aliphatic carbocycles. The van der Waals surface area contributed by atoms with Gasteiger partial charge in [-0.2, -0.15) is 0 Å². The molecule has 0 fully saturated rings. The van der Waals surface area contributed by atoms with Gasteiger partial charge < -0.3 is 15.0 Å². The number of benzene rings is 2. The highest BCUT2D eigenvalue weighted by Gasteiger charge is 2.09. The first-order chi connectivity index (χ1) is 14.1. The van der Waals surface area contributed by atoms with Crippen molar-refractivity contribution in [3.63, 3.8) is 0 Å². The Morgan fingerprint density at radius 1 is 1.07 bits per heavy atom. The number of aryl methyl sites for hydroxylation is 1. The van der Waals surface area contributed by atoms with Crippen molar-refractivity contribution in [2.75, 3.05) is 23.3 Å².